The molecule has 0 fully saturated rings. The fourth-order valence-corrected chi connectivity index (χ4v) is 5.38. The molecular weight excluding hydrogens is 402 g/mol. The van der Waals surface area contributed by atoms with Crippen molar-refractivity contribution in [1.82, 2.24) is 4.90 Å². The standard InChI is InChI=1S/C27H33NO4/c1-4-5-6-7-8-21-26-19(9-10-23(29-2)27(26)30-3)15-22-20-17-25-24(31-13-14-32-25)16-18(20)11-12-28(21)22/h9-10,15-17,21H,4-8,11-14H2,1-3H3/t21-/m1/s1. The van der Waals surface area contributed by atoms with Crippen LogP contribution in [0.1, 0.15) is 67.3 Å². The number of benzene rings is 2. The molecule has 0 bridgehead atoms. The van der Waals surface area contributed by atoms with E-state index in [9.17, 15) is 0 Å². The van der Waals surface area contributed by atoms with Gasteiger partial charge in [0.2, 0.25) is 0 Å². The monoisotopic (exact) mass is 435 g/mol. The molecule has 0 amide bonds. The van der Waals surface area contributed by atoms with E-state index in [4.69, 9.17) is 18.9 Å². The quantitative estimate of drug-likeness (QED) is 0.510. The third kappa shape index (κ3) is 3.58. The van der Waals surface area contributed by atoms with Crippen molar-refractivity contribution in [3.63, 3.8) is 0 Å². The lowest BCUT2D eigenvalue weighted by molar-refractivity contribution is 0.171. The predicted octanol–water partition coefficient (Wildman–Crippen LogP) is 5.86. The molecule has 2 aromatic carbocycles. The summed E-state index contributed by atoms with van der Waals surface area (Å²) in [5.74, 6) is 3.41. The van der Waals surface area contributed by atoms with Gasteiger partial charge in [0.15, 0.2) is 23.0 Å². The van der Waals surface area contributed by atoms with Crippen LogP contribution in [0.25, 0.3) is 11.8 Å². The average Bonchev–Trinajstić information content (AvgIpc) is 2.84. The summed E-state index contributed by atoms with van der Waals surface area (Å²) in [6.45, 7) is 4.47. The van der Waals surface area contributed by atoms with Crippen molar-refractivity contribution in [2.75, 3.05) is 34.0 Å². The number of hydrogen-bond donors (Lipinski definition) is 0. The molecule has 0 N–H and O–H groups in total. The fourth-order valence-electron chi connectivity index (χ4n) is 5.38. The van der Waals surface area contributed by atoms with Crippen LogP contribution in [-0.2, 0) is 6.42 Å². The van der Waals surface area contributed by atoms with Crippen LogP contribution in [0.5, 0.6) is 23.0 Å². The summed E-state index contributed by atoms with van der Waals surface area (Å²) >= 11 is 0. The summed E-state index contributed by atoms with van der Waals surface area (Å²) in [5.41, 5.74) is 6.36. The lowest BCUT2D eigenvalue weighted by Gasteiger charge is -2.44. The normalized spacial score (nSPS) is 18.3. The van der Waals surface area contributed by atoms with Crippen molar-refractivity contribution in [2.24, 2.45) is 0 Å². The number of nitrogens with zero attached hydrogens (tertiary/aromatic N) is 1. The second-order valence-electron chi connectivity index (χ2n) is 8.80. The van der Waals surface area contributed by atoms with E-state index in [1.54, 1.807) is 14.2 Å². The predicted molar refractivity (Wildman–Crippen MR) is 127 cm³/mol. The third-order valence-corrected chi connectivity index (χ3v) is 6.93. The summed E-state index contributed by atoms with van der Waals surface area (Å²) < 4.78 is 23.3. The Kier molecular flexibility index (Phi) is 5.90. The van der Waals surface area contributed by atoms with E-state index in [0.29, 0.717) is 13.2 Å². The average molecular weight is 436 g/mol. The maximum absolute atomic E-state index is 5.92. The van der Waals surface area contributed by atoms with E-state index >= 15 is 0 Å². The van der Waals surface area contributed by atoms with E-state index in [2.05, 4.69) is 36.1 Å². The van der Waals surface area contributed by atoms with Crippen molar-refractivity contribution in [3.8, 4) is 23.0 Å². The lowest BCUT2D eigenvalue weighted by atomic mass is 9.84. The molecule has 170 valence electrons. The largest absolute Gasteiger partial charge is 0.493 e. The van der Waals surface area contributed by atoms with Gasteiger partial charge in [-0.2, -0.15) is 0 Å². The Hall–Kier alpha value is -2.82. The number of hydrogen-bond acceptors (Lipinski definition) is 5. The lowest BCUT2D eigenvalue weighted by Crippen LogP contribution is -2.36. The van der Waals surface area contributed by atoms with Gasteiger partial charge in [0.25, 0.3) is 0 Å². The molecule has 2 aromatic rings. The number of unbranched alkanes of at least 4 members (excludes halogenated alkanes) is 3. The van der Waals surface area contributed by atoms with Gasteiger partial charge in [-0.05, 0) is 48.2 Å². The highest BCUT2D eigenvalue weighted by Gasteiger charge is 2.36. The molecule has 3 aliphatic rings. The Balaban J connectivity index is 1.61. The molecule has 5 rings (SSSR count). The molecule has 32 heavy (non-hydrogen) atoms. The van der Waals surface area contributed by atoms with Gasteiger partial charge in [-0.15, -0.1) is 0 Å². The van der Waals surface area contributed by atoms with Crippen LogP contribution in [0, 0.1) is 0 Å². The molecule has 1 atom stereocenters. The summed E-state index contributed by atoms with van der Waals surface area (Å²) in [6, 6.07) is 8.83. The first-order valence-corrected chi connectivity index (χ1v) is 11.9. The molecule has 0 aliphatic carbocycles. The molecule has 0 spiro atoms. The molecule has 3 heterocycles. The second-order valence-corrected chi connectivity index (χ2v) is 8.80. The van der Waals surface area contributed by atoms with E-state index in [-0.39, 0.29) is 6.04 Å². The molecule has 0 unspecified atom stereocenters. The van der Waals surface area contributed by atoms with Gasteiger partial charge in [0.1, 0.15) is 13.2 Å². The van der Waals surface area contributed by atoms with E-state index in [1.165, 1.54) is 53.6 Å². The first-order valence-electron chi connectivity index (χ1n) is 11.9. The van der Waals surface area contributed by atoms with Crippen molar-refractivity contribution in [2.45, 2.75) is 51.5 Å². The summed E-state index contributed by atoms with van der Waals surface area (Å²) in [6.07, 6.45) is 9.41. The van der Waals surface area contributed by atoms with Crippen molar-refractivity contribution in [1.29, 1.82) is 0 Å². The summed E-state index contributed by atoms with van der Waals surface area (Å²) in [7, 11) is 3.47. The fraction of sp³-hybridized carbons (Fsp3) is 0.481. The Bertz CT molecular complexity index is 1030. The maximum Gasteiger partial charge on any atom is 0.166 e. The van der Waals surface area contributed by atoms with E-state index < -0.39 is 0 Å². The van der Waals surface area contributed by atoms with E-state index in [1.807, 2.05) is 6.07 Å². The SMILES string of the molecule is CCCCCC[C@@H]1c2c(ccc(OC)c2OC)C=C2c3cc4c(cc3CCN21)OCCO4. The van der Waals surface area contributed by atoms with Crippen LogP contribution in [-0.4, -0.2) is 38.9 Å². The molecule has 5 nitrogen and oxygen atoms in total. The second kappa shape index (κ2) is 8.97. The highest BCUT2D eigenvalue weighted by Crippen LogP contribution is 2.50. The maximum atomic E-state index is 5.92. The van der Waals surface area contributed by atoms with Crippen molar-refractivity contribution in [3.05, 3.63) is 46.5 Å². The minimum absolute atomic E-state index is 0.272. The van der Waals surface area contributed by atoms with Gasteiger partial charge in [0, 0.05) is 23.4 Å². The van der Waals surface area contributed by atoms with Gasteiger partial charge in [0.05, 0.1) is 20.3 Å². The van der Waals surface area contributed by atoms with Crippen LogP contribution in [0.3, 0.4) is 0 Å². The molecule has 0 radical (unpaired) electrons. The van der Waals surface area contributed by atoms with Crippen LogP contribution < -0.4 is 18.9 Å². The first-order chi connectivity index (χ1) is 15.7. The number of ether oxygens (including phenoxy) is 4. The molecule has 0 saturated heterocycles. The minimum atomic E-state index is 0.272. The summed E-state index contributed by atoms with van der Waals surface area (Å²) in [5, 5.41) is 0. The van der Waals surface area contributed by atoms with Crippen molar-refractivity contribution >= 4 is 11.8 Å². The van der Waals surface area contributed by atoms with Gasteiger partial charge in [-0.3, -0.25) is 0 Å². The highest BCUT2D eigenvalue weighted by atomic mass is 16.6. The zero-order chi connectivity index (χ0) is 22.1. The third-order valence-electron chi connectivity index (χ3n) is 6.93. The van der Waals surface area contributed by atoms with Gasteiger partial charge in [-0.25, -0.2) is 0 Å². The first kappa shape index (κ1) is 21.0. The molecule has 3 aliphatic heterocycles. The van der Waals surface area contributed by atoms with Crippen LogP contribution in [0.15, 0.2) is 24.3 Å². The highest BCUT2D eigenvalue weighted by molar-refractivity contribution is 5.88. The number of fused-ring (bicyclic) bond motifs is 5. The van der Waals surface area contributed by atoms with Crippen LogP contribution >= 0.6 is 0 Å². The number of rotatable bonds is 7. The van der Waals surface area contributed by atoms with Crippen LogP contribution in [0.2, 0.25) is 0 Å². The van der Waals surface area contributed by atoms with Crippen LogP contribution in [0.4, 0.5) is 0 Å². The Morgan fingerprint density at radius 3 is 2.56 bits per heavy atom. The van der Waals surface area contributed by atoms with Gasteiger partial charge >= 0.3 is 0 Å². The van der Waals surface area contributed by atoms with E-state index in [0.717, 1.165) is 42.4 Å². The molecule has 5 heteroatoms. The molecule has 0 saturated carbocycles. The van der Waals surface area contributed by atoms with Crippen molar-refractivity contribution < 1.29 is 18.9 Å². The number of methoxy groups -OCH3 is 2. The zero-order valence-corrected chi connectivity index (χ0v) is 19.4. The van der Waals surface area contributed by atoms with Gasteiger partial charge in [-0.1, -0.05) is 38.7 Å². The Morgan fingerprint density at radius 2 is 1.81 bits per heavy atom. The Labute approximate surface area is 190 Å². The molecule has 0 aromatic heterocycles. The minimum Gasteiger partial charge on any atom is -0.493 e. The zero-order valence-electron chi connectivity index (χ0n) is 19.4. The van der Waals surface area contributed by atoms with Gasteiger partial charge < -0.3 is 23.8 Å². The Morgan fingerprint density at radius 1 is 1.00 bits per heavy atom. The summed E-state index contributed by atoms with van der Waals surface area (Å²) in [4.78, 5) is 2.58. The molecular formula is C27H33NO4. The topological polar surface area (TPSA) is 40.2 Å². The smallest absolute Gasteiger partial charge is 0.166 e.